The van der Waals surface area contributed by atoms with Crippen molar-refractivity contribution in [3.05, 3.63) is 29.8 Å². The molecule has 1 aromatic carbocycles. The predicted molar refractivity (Wildman–Crippen MR) is 56.1 cm³/mol. The molecular weight excluding hydrogens is 192 g/mol. The van der Waals surface area contributed by atoms with E-state index in [1.807, 2.05) is 31.2 Å². The van der Waals surface area contributed by atoms with E-state index in [9.17, 15) is 4.79 Å². The molecule has 0 aliphatic heterocycles. The molecule has 3 nitrogen and oxygen atoms in total. The second kappa shape index (κ2) is 3.93. The molecule has 0 bridgehead atoms. The van der Waals surface area contributed by atoms with Crippen molar-refractivity contribution in [2.24, 2.45) is 5.92 Å². The number of benzene rings is 1. The molecule has 1 saturated carbocycles. The van der Waals surface area contributed by atoms with Crippen molar-refractivity contribution < 1.29 is 14.6 Å². The first-order valence-corrected chi connectivity index (χ1v) is 5.18. The smallest absolute Gasteiger partial charge is 0.307 e. The summed E-state index contributed by atoms with van der Waals surface area (Å²) in [7, 11) is 0. The second-order valence-electron chi connectivity index (χ2n) is 3.79. The first kappa shape index (κ1) is 10.0. The van der Waals surface area contributed by atoms with Crippen molar-refractivity contribution in [2.75, 3.05) is 6.61 Å². The third-order valence-corrected chi connectivity index (χ3v) is 2.73. The quantitative estimate of drug-likeness (QED) is 0.822. The summed E-state index contributed by atoms with van der Waals surface area (Å²) in [6, 6.07) is 7.71. The summed E-state index contributed by atoms with van der Waals surface area (Å²) >= 11 is 0. The van der Waals surface area contributed by atoms with Crippen LogP contribution in [0, 0.1) is 5.92 Å². The van der Waals surface area contributed by atoms with Gasteiger partial charge in [0.1, 0.15) is 5.75 Å². The van der Waals surface area contributed by atoms with Crippen LogP contribution in [0.4, 0.5) is 0 Å². The van der Waals surface area contributed by atoms with Gasteiger partial charge in [-0.05, 0) is 37.0 Å². The molecule has 1 fully saturated rings. The van der Waals surface area contributed by atoms with Crippen molar-refractivity contribution in [3.63, 3.8) is 0 Å². The fraction of sp³-hybridized carbons (Fsp3) is 0.417. The minimum absolute atomic E-state index is 0.178. The van der Waals surface area contributed by atoms with Gasteiger partial charge in [-0.3, -0.25) is 4.79 Å². The van der Waals surface area contributed by atoms with Crippen LogP contribution < -0.4 is 4.74 Å². The molecule has 15 heavy (non-hydrogen) atoms. The summed E-state index contributed by atoms with van der Waals surface area (Å²) in [6.45, 7) is 2.59. The third kappa shape index (κ3) is 2.12. The highest BCUT2D eigenvalue weighted by atomic mass is 16.5. The highest BCUT2D eigenvalue weighted by Crippen LogP contribution is 2.47. The Hall–Kier alpha value is -1.51. The zero-order chi connectivity index (χ0) is 10.8. The molecular formula is C12H14O3. The maximum absolute atomic E-state index is 10.7. The van der Waals surface area contributed by atoms with Crippen LogP contribution in [0.15, 0.2) is 24.3 Å². The van der Waals surface area contributed by atoms with Crippen LogP contribution in [-0.4, -0.2) is 17.7 Å². The van der Waals surface area contributed by atoms with Crippen LogP contribution in [0.2, 0.25) is 0 Å². The summed E-state index contributed by atoms with van der Waals surface area (Å²) in [5.41, 5.74) is 1.10. The van der Waals surface area contributed by atoms with Gasteiger partial charge in [0, 0.05) is 0 Å². The van der Waals surface area contributed by atoms with Crippen molar-refractivity contribution in [1.29, 1.82) is 0 Å². The van der Waals surface area contributed by atoms with Gasteiger partial charge in [0.2, 0.25) is 0 Å². The molecule has 0 spiro atoms. The first-order chi connectivity index (χ1) is 7.22. The number of aliphatic carboxylic acids is 1. The van der Waals surface area contributed by atoms with E-state index in [-0.39, 0.29) is 11.8 Å². The van der Waals surface area contributed by atoms with E-state index < -0.39 is 5.97 Å². The average Bonchev–Trinajstić information content (AvgIpc) is 2.99. The lowest BCUT2D eigenvalue weighted by Crippen LogP contribution is -1.99. The lowest BCUT2D eigenvalue weighted by atomic mass is 10.1. The Labute approximate surface area is 88.7 Å². The van der Waals surface area contributed by atoms with E-state index in [2.05, 4.69) is 0 Å². The number of hydrogen-bond donors (Lipinski definition) is 1. The summed E-state index contributed by atoms with van der Waals surface area (Å²) in [4.78, 5) is 10.7. The number of carbonyl (C=O) groups is 1. The van der Waals surface area contributed by atoms with Gasteiger partial charge in [0.25, 0.3) is 0 Å². The summed E-state index contributed by atoms with van der Waals surface area (Å²) in [6.07, 6.45) is 0.767. The molecule has 3 heteroatoms. The molecule has 1 N–H and O–H groups in total. The number of hydrogen-bond acceptors (Lipinski definition) is 2. The normalized spacial score (nSPS) is 23.5. The predicted octanol–water partition coefficient (Wildman–Crippen LogP) is 2.27. The van der Waals surface area contributed by atoms with Gasteiger partial charge in [0.05, 0.1) is 12.5 Å². The van der Waals surface area contributed by atoms with Crippen LogP contribution in [0.5, 0.6) is 5.75 Å². The molecule has 1 aliphatic carbocycles. The van der Waals surface area contributed by atoms with Crippen LogP contribution in [0.1, 0.15) is 24.8 Å². The van der Waals surface area contributed by atoms with Crippen LogP contribution in [0.25, 0.3) is 0 Å². The molecule has 2 atom stereocenters. The average molecular weight is 206 g/mol. The Morgan fingerprint density at radius 3 is 2.60 bits per heavy atom. The minimum atomic E-state index is -0.686. The molecule has 1 aliphatic rings. The Balaban J connectivity index is 2.03. The van der Waals surface area contributed by atoms with Gasteiger partial charge in [-0.2, -0.15) is 0 Å². The fourth-order valence-electron chi connectivity index (χ4n) is 1.81. The Morgan fingerprint density at radius 2 is 2.13 bits per heavy atom. The van der Waals surface area contributed by atoms with Crippen molar-refractivity contribution in [2.45, 2.75) is 19.3 Å². The molecule has 1 aromatic rings. The van der Waals surface area contributed by atoms with Crippen molar-refractivity contribution in [1.82, 2.24) is 0 Å². The second-order valence-corrected chi connectivity index (χ2v) is 3.79. The van der Waals surface area contributed by atoms with E-state index >= 15 is 0 Å². The number of carboxylic acid groups (broad SMARTS) is 1. The van der Waals surface area contributed by atoms with Crippen molar-refractivity contribution in [3.8, 4) is 5.75 Å². The number of carboxylic acids is 1. The Kier molecular flexibility index (Phi) is 2.62. The lowest BCUT2D eigenvalue weighted by Gasteiger charge is -2.03. The standard InChI is InChI=1S/C12H14O3/c1-2-15-9-5-3-8(4-6-9)10-7-11(10)12(13)14/h3-6,10-11H,2,7H2,1H3,(H,13,14). The highest BCUT2D eigenvalue weighted by molar-refractivity contribution is 5.75. The largest absolute Gasteiger partial charge is 0.494 e. The van der Waals surface area contributed by atoms with Crippen LogP contribution in [0.3, 0.4) is 0 Å². The third-order valence-electron chi connectivity index (χ3n) is 2.73. The zero-order valence-corrected chi connectivity index (χ0v) is 8.64. The highest BCUT2D eigenvalue weighted by Gasteiger charge is 2.43. The Morgan fingerprint density at radius 1 is 1.47 bits per heavy atom. The first-order valence-electron chi connectivity index (χ1n) is 5.18. The molecule has 0 heterocycles. The number of ether oxygens (including phenoxy) is 1. The topological polar surface area (TPSA) is 46.5 Å². The van der Waals surface area contributed by atoms with Gasteiger partial charge >= 0.3 is 5.97 Å². The van der Waals surface area contributed by atoms with Crippen molar-refractivity contribution >= 4 is 5.97 Å². The van der Waals surface area contributed by atoms with Crippen LogP contribution in [-0.2, 0) is 4.79 Å². The van der Waals surface area contributed by atoms with Crippen LogP contribution >= 0.6 is 0 Å². The SMILES string of the molecule is CCOc1ccc(C2CC2C(=O)O)cc1. The van der Waals surface area contributed by atoms with E-state index in [0.29, 0.717) is 6.61 Å². The summed E-state index contributed by atoms with van der Waals surface area (Å²) in [5, 5.41) is 8.80. The zero-order valence-electron chi connectivity index (χ0n) is 8.64. The maximum atomic E-state index is 10.7. The summed E-state index contributed by atoms with van der Waals surface area (Å²) in [5.74, 6) is 0.184. The van der Waals surface area contributed by atoms with Gasteiger partial charge in [0.15, 0.2) is 0 Å². The summed E-state index contributed by atoms with van der Waals surface area (Å²) < 4.78 is 5.32. The van der Waals surface area contributed by atoms with Gasteiger partial charge in [-0.1, -0.05) is 12.1 Å². The van der Waals surface area contributed by atoms with Gasteiger partial charge in [-0.25, -0.2) is 0 Å². The van der Waals surface area contributed by atoms with Gasteiger partial charge < -0.3 is 9.84 Å². The Bertz CT molecular complexity index is 356. The van der Waals surface area contributed by atoms with E-state index in [1.165, 1.54) is 0 Å². The number of rotatable bonds is 4. The molecule has 2 rings (SSSR count). The van der Waals surface area contributed by atoms with E-state index in [1.54, 1.807) is 0 Å². The fourth-order valence-corrected chi connectivity index (χ4v) is 1.81. The maximum Gasteiger partial charge on any atom is 0.307 e. The molecule has 0 aromatic heterocycles. The lowest BCUT2D eigenvalue weighted by molar-refractivity contribution is -0.138. The molecule has 0 amide bonds. The van der Waals surface area contributed by atoms with Gasteiger partial charge in [-0.15, -0.1) is 0 Å². The molecule has 0 saturated heterocycles. The monoisotopic (exact) mass is 206 g/mol. The van der Waals surface area contributed by atoms with E-state index in [0.717, 1.165) is 17.7 Å². The minimum Gasteiger partial charge on any atom is -0.494 e. The molecule has 2 unspecified atom stereocenters. The molecule has 0 radical (unpaired) electrons. The van der Waals surface area contributed by atoms with E-state index in [4.69, 9.17) is 9.84 Å². The molecule has 80 valence electrons.